The van der Waals surface area contributed by atoms with Crippen LogP contribution in [0.15, 0.2) is 30.3 Å². The number of rotatable bonds is 13. The number of nitrogens with one attached hydrogen (secondary N) is 3. The van der Waals surface area contributed by atoms with E-state index in [4.69, 9.17) is 5.73 Å². The van der Waals surface area contributed by atoms with Crippen LogP contribution in [-0.4, -0.2) is 76.2 Å². The molecule has 1 rings (SSSR count). The minimum atomic E-state index is -1.23. The highest BCUT2D eigenvalue weighted by Crippen LogP contribution is 2.06. The first kappa shape index (κ1) is 27.4. The first-order chi connectivity index (χ1) is 15.1. The minimum absolute atomic E-state index is 0.130. The van der Waals surface area contributed by atoms with E-state index in [0.29, 0.717) is 5.75 Å². The van der Waals surface area contributed by atoms with Gasteiger partial charge in [-0.25, -0.2) is 4.79 Å². The van der Waals surface area contributed by atoms with Gasteiger partial charge in [-0.2, -0.15) is 11.8 Å². The van der Waals surface area contributed by atoms with Crippen LogP contribution in [0.2, 0.25) is 0 Å². The number of aliphatic hydroxyl groups is 1. The molecule has 0 radical (unpaired) electrons. The quantitative estimate of drug-likeness (QED) is 0.219. The van der Waals surface area contributed by atoms with Crippen molar-refractivity contribution < 1.29 is 29.4 Å². The fourth-order valence-electron chi connectivity index (χ4n) is 2.72. The van der Waals surface area contributed by atoms with Crippen molar-refractivity contribution in [1.29, 1.82) is 0 Å². The average molecular weight is 469 g/mol. The van der Waals surface area contributed by atoms with Gasteiger partial charge < -0.3 is 31.9 Å². The number of carbonyl (C=O) groups is 4. The van der Waals surface area contributed by atoms with E-state index in [-0.39, 0.29) is 12.8 Å². The summed E-state index contributed by atoms with van der Waals surface area (Å²) in [5, 5.41) is 26.3. The van der Waals surface area contributed by atoms with Crippen LogP contribution in [0.1, 0.15) is 25.8 Å². The van der Waals surface area contributed by atoms with Crippen LogP contribution < -0.4 is 21.7 Å². The lowest BCUT2D eigenvalue weighted by atomic mass is 10.0. The third kappa shape index (κ3) is 9.25. The van der Waals surface area contributed by atoms with E-state index in [1.165, 1.54) is 25.6 Å². The Morgan fingerprint density at radius 2 is 1.56 bits per heavy atom. The second-order valence-corrected chi connectivity index (χ2v) is 8.41. The van der Waals surface area contributed by atoms with E-state index in [1.54, 1.807) is 24.3 Å². The number of carbonyl (C=O) groups excluding carboxylic acids is 3. The Morgan fingerprint density at radius 3 is 2.09 bits per heavy atom. The molecule has 0 heterocycles. The molecule has 0 fully saturated rings. The average Bonchev–Trinajstić information content (AvgIpc) is 2.75. The highest BCUT2D eigenvalue weighted by atomic mass is 32.2. The molecule has 5 unspecified atom stereocenters. The van der Waals surface area contributed by atoms with Crippen LogP contribution in [-0.2, 0) is 25.6 Å². The number of carboxylic acid groups (broad SMARTS) is 1. The predicted octanol–water partition coefficient (Wildman–Crippen LogP) is -0.751. The first-order valence-corrected chi connectivity index (χ1v) is 11.6. The Morgan fingerprint density at radius 1 is 0.969 bits per heavy atom. The van der Waals surface area contributed by atoms with Gasteiger partial charge in [0.25, 0.3) is 0 Å². The van der Waals surface area contributed by atoms with Gasteiger partial charge in [0, 0.05) is 6.42 Å². The number of nitrogens with two attached hydrogens (primary N) is 1. The Kier molecular flexibility index (Phi) is 11.7. The zero-order valence-corrected chi connectivity index (χ0v) is 19.2. The van der Waals surface area contributed by atoms with Crippen LogP contribution >= 0.6 is 11.8 Å². The van der Waals surface area contributed by atoms with Crippen LogP contribution in [0.4, 0.5) is 0 Å². The molecule has 1 aromatic rings. The standard InChI is InChI=1S/C21H32N4O6S/c1-12(18(27)24-15(21(30)31)9-10-32-3)23-19(28)16(11-14-7-5-4-6-8-14)25-20(29)17(22)13(2)26/h4-8,12-13,15-17,26H,9-11,22H2,1-3H3,(H,23,28)(H,24,27)(H,25,29)(H,30,31). The second-order valence-electron chi connectivity index (χ2n) is 7.43. The Hall–Kier alpha value is -2.63. The van der Waals surface area contributed by atoms with Crippen molar-refractivity contribution in [3.63, 3.8) is 0 Å². The van der Waals surface area contributed by atoms with E-state index in [9.17, 15) is 29.4 Å². The second kappa shape index (κ2) is 13.7. The monoisotopic (exact) mass is 468 g/mol. The molecule has 0 aliphatic rings. The van der Waals surface area contributed by atoms with Gasteiger partial charge in [-0.15, -0.1) is 0 Å². The van der Waals surface area contributed by atoms with Crippen molar-refractivity contribution in [2.45, 2.75) is 57.0 Å². The molecule has 178 valence electrons. The first-order valence-electron chi connectivity index (χ1n) is 10.2. The molecule has 0 bridgehead atoms. The van der Waals surface area contributed by atoms with Gasteiger partial charge in [0.15, 0.2) is 0 Å². The fourth-order valence-corrected chi connectivity index (χ4v) is 3.19. The number of hydrogen-bond donors (Lipinski definition) is 6. The molecule has 0 spiro atoms. The van der Waals surface area contributed by atoms with Crippen molar-refractivity contribution in [3.05, 3.63) is 35.9 Å². The number of thioether (sulfide) groups is 1. The Bertz CT molecular complexity index is 777. The van der Waals surface area contributed by atoms with Gasteiger partial charge >= 0.3 is 5.97 Å². The predicted molar refractivity (Wildman–Crippen MR) is 122 cm³/mol. The molecule has 1 aromatic carbocycles. The summed E-state index contributed by atoms with van der Waals surface area (Å²) in [6.45, 7) is 2.78. The molecule has 0 aliphatic heterocycles. The maximum Gasteiger partial charge on any atom is 0.326 e. The third-order valence-corrected chi connectivity index (χ3v) is 5.36. The summed E-state index contributed by atoms with van der Waals surface area (Å²) in [7, 11) is 0. The number of benzene rings is 1. The lowest BCUT2D eigenvalue weighted by molar-refractivity contribution is -0.142. The summed E-state index contributed by atoms with van der Waals surface area (Å²) < 4.78 is 0. The van der Waals surface area contributed by atoms with E-state index < -0.39 is 54.0 Å². The van der Waals surface area contributed by atoms with Crippen molar-refractivity contribution >= 4 is 35.5 Å². The summed E-state index contributed by atoms with van der Waals surface area (Å²) in [5.74, 6) is -2.62. The summed E-state index contributed by atoms with van der Waals surface area (Å²) in [6, 6.07) is 4.53. The zero-order valence-electron chi connectivity index (χ0n) is 18.4. The van der Waals surface area contributed by atoms with Crippen molar-refractivity contribution in [3.8, 4) is 0 Å². The third-order valence-electron chi connectivity index (χ3n) is 4.72. The Labute approximate surface area is 191 Å². The molecule has 0 aliphatic carbocycles. The number of amides is 3. The smallest absolute Gasteiger partial charge is 0.326 e. The van der Waals surface area contributed by atoms with E-state index in [2.05, 4.69) is 16.0 Å². The molecule has 5 atom stereocenters. The van der Waals surface area contributed by atoms with Crippen molar-refractivity contribution in [2.24, 2.45) is 5.73 Å². The molecular weight excluding hydrogens is 436 g/mol. The van der Waals surface area contributed by atoms with Gasteiger partial charge in [-0.05, 0) is 37.8 Å². The summed E-state index contributed by atoms with van der Waals surface area (Å²) >= 11 is 1.46. The van der Waals surface area contributed by atoms with E-state index in [0.717, 1.165) is 5.56 Å². The van der Waals surface area contributed by atoms with Gasteiger partial charge in [-0.3, -0.25) is 14.4 Å². The molecular formula is C21H32N4O6S. The minimum Gasteiger partial charge on any atom is -0.480 e. The molecule has 0 saturated carbocycles. The van der Waals surface area contributed by atoms with Gasteiger partial charge in [-0.1, -0.05) is 30.3 Å². The zero-order chi connectivity index (χ0) is 24.3. The number of aliphatic carboxylic acids is 1. The lowest BCUT2D eigenvalue weighted by Gasteiger charge is -2.24. The molecule has 11 heteroatoms. The van der Waals surface area contributed by atoms with Crippen molar-refractivity contribution in [1.82, 2.24) is 16.0 Å². The number of aliphatic hydroxyl groups excluding tert-OH is 1. The maximum absolute atomic E-state index is 12.9. The van der Waals surface area contributed by atoms with Gasteiger partial charge in [0.2, 0.25) is 17.7 Å². The number of hydrogen-bond acceptors (Lipinski definition) is 7. The Balaban J connectivity index is 2.87. The van der Waals surface area contributed by atoms with E-state index >= 15 is 0 Å². The van der Waals surface area contributed by atoms with Crippen molar-refractivity contribution in [2.75, 3.05) is 12.0 Å². The molecule has 0 saturated heterocycles. The lowest BCUT2D eigenvalue weighted by Crippen LogP contribution is -2.58. The van der Waals surface area contributed by atoms with Gasteiger partial charge in [0.1, 0.15) is 24.2 Å². The largest absolute Gasteiger partial charge is 0.480 e. The molecule has 0 aromatic heterocycles. The summed E-state index contributed by atoms with van der Waals surface area (Å²) in [4.78, 5) is 48.9. The van der Waals surface area contributed by atoms with Crippen LogP contribution in [0.3, 0.4) is 0 Å². The van der Waals surface area contributed by atoms with Crippen LogP contribution in [0.5, 0.6) is 0 Å². The summed E-state index contributed by atoms with van der Waals surface area (Å²) in [5.41, 5.74) is 6.42. The molecule has 32 heavy (non-hydrogen) atoms. The van der Waals surface area contributed by atoms with E-state index in [1.807, 2.05) is 12.3 Å². The highest BCUT2D eigenvalue weighted by Gasteiger charge is 2.29. The fraction of sp³-hybridized carbons (Fsp3) is 0.524. The molecule has 7 N–H and O–H groups in total. The maximum atomic E-state index is 12.9. The topological polar surface area (TPSA) is 171 Å². The SMILES string of the molecule is CSCCC(NC(=O)C(C)NC(=O)C(Cc1ccccc1)NC(=O)C(N)C(C)O)C(=O)O. The highest BCUT2D eigenvalue weighted by molar-refractivity contribution is 7.98. The number of carboxylic acids is 1. The van der Waals surface area contributed by atoms with Gasteiger partial charge in [0.05, 0.1) is 6.10 Å². The molecule has 3 amide bonds. The molecule has 10 nitrogen and oxygen atoms in total. The normalized spacial score (nSPS) is 15.5. The summed E-state index contributed by atoms with van der Waals surface area (Å²) in [6.07, 6.45) is 1.08. The van der Waals surface area contributed by atoms with Crippen LogP contribution in [0, 0.1) is 0 Å². The van der Waals surface area contributed by atoms with Crippen LogP contribution in [0.25, 0.3) is 0 Å².